The number of ether oxygens (including phenoxy) is 1. The molecule has 4 aliphatic heterocycles. The molecule has 14 aromatic carbocycles. The minimum atomic E-state index is -0.218. The number of fused-ring (bicyclic) bond motifs is 10. The van der Waals surface area contributed by atoms with Gasteiger partial charge in [0.1, 0.15) is 11.5 Å². The van der Waals surface area contributed by atoms with Crippen LogP contribution in [-0.4, -0.2) is 13.4 Å². The lowest BCUT2D eigenvalue weighted by atomic mass is 9.31. The predicted molar refractivity (Wildman–Crippen MR) is 372 cm³/mol. The third-order valence-electron chi connectivity index (χ3n) is 18.2. The van der Waals surface area contributed by atoms with Crippen LogP contribution in [0.1, 0.15) is 0 Å². The van der Waals surface area contributed by atoms with Crippen molar-refractivity contribution in [1.82, 2.24) is 0 Å². The molecule has 0 saturated carbocycles. The Balaban J connectivity index is 0.976. The molecule has 0 saturated heterocycles. The van der Waals surface area contributed by atoms with E-state index in [0.29, 0.717) is 0 Å². The second-order valence-electron chi connectivity index (χ2n) is 23.1. The molecule has 5 nitrogen and oxygen atoms in total. The van der Waals surface area contributed by atoms with Crippen LogP contribution in [0.25, 0.3) is 32.7 Å². The number of anilines is 12. The van der Waals surface area contributed by atoms with E-state index in [2.05, 4.69) is 335 Å². The normalized spacial score (nSPS) is 13.0. The van der Waals surface area contributed by atoms with Gasteiger partial charge in [0.05, 0.1) is 5.69 Å². The summed E-state index contributed by atoms with van der Waals surface area (Å²) in [6, 6.07) is 116. The molecule has 0 fully saturated rings. The highest BCUT2D eigenvalue weighted by Gasteiger charge is 2.48. The van der Waals surface area contributed by atoms with Crippen LogP contribution in [-0.2, 0) is 0 Å². The van der Waals surface area contributed by atoms with Gasteiger partial charge in [-0.05, 0) is 158 Å². The summed E-state index contributed by atoms with van der Waals surface area (Å²) in [5.74, 6) is 1.71. The highest BCUT2D eigenvalue weighted by Crippen LogP contribution is 2.54. The van der Waals surface area contributed by atoms with E-state index in [1.165, 1.54) is 58.8 Å². The maximum atomic E-state index is 8.17. The molecule has 0 unspecified atom stereocenters. The first-order valence-electron chi connectivity index (χ1n) is 30.2. The van der Waals surface area contributed by atoms with Gasteiger partial charge in [-0.25, -0.2) is 0 Å². The van der Waals surface area contributed by atoms with Crippen LogP contribution in [0.2, 0.25) is 0 Å². The molecule has 0 atom stereocenters. The monoisotopic (exact) mass is 1140 g/mol. The van der Waals surface area contributed by atoms with Crippen LogP contribution in [0.15, 0.2) is 325 Å². The van der Waals surface area contributed by atoms with E-state index in [-0.39, 0.29) is 13.4 Å². The lowest BCUT2D eigenvalue weighted by Gasteiger charge is -2.44. The average Bonchev–Trinajstić information content (AvgIpc) is 0.744. The summed E-state index contributed by atoms with van der Waals surface area (Å²) in [6.45, 7) is -0.379. The summed E-state index contributed by atoms with van der Waals surface area (Å²) >= 11 is 1.90. The lowest BCUT2D eigenvalue weighted by Crippen LogP contribution is -2.63. The van der Waals surface area contributed by atoms with Crippen molar-refractivity contribution in [3.8, 4) is 22.6 Å². The van der Waals surface area contributed by atoms with Crippen molar-refractivity contribution in [1.29, 1.82) is 0 Å². The first-order chi connectivity index (χ1) is 43.7. The Labute approximate surface area is 516 Å². The third kappa shape index (κ3) is 7.85. The fourth-order valence-corrected chi connectivity index (χ4v) is 16.0. The highest BCUT2D eigenvalue weighted by molar-refractivity contribution is 8.00. The molecular weight excluding hydrogens is 1090 g/mol. The van der Waals surface area contributed by atoms with Crippen LogP contribution < -0.4 is 57.1 Å². The predicted octanol–water partition coefficient (Wildman–Crippen LogP) is 17.8. The molecule has 0 bridgehead atoms. The first kappa shape index (κ1) is 50.4. The van der Waals surface area contributed by atoms with Gasteiger partial charge in [0.2, 0.25) is 6.71 Å². The summed E-state index contributed by atoms with van der Waals surface area (Å²) in [7, 11) is 0. The number of hydrogen-bond acceptors (Lipinski definition) is 6. The number of para-hydroxylation sites is 8. The SMILES string of the molecule is c1ccc(N(c2ccccc2)c2cc3c4c(c2)N(c2ccccc2)c2ccccc2B4c2cc4c(c(-c5c6ccccc6cc6ccccc56)c2O3)Sc2cc(N(c3ccccc3)c3ccccc3)cc3c2B4c2ccccc2N3c2ccccc2)cc1. The molecule has 4 heterocycles. The highest BCUT2D eigenvalue weighted by atomic mass is 32.2. The van der Waals surface area contributed by atoms with Crippen LogP contribution >= 0.6 is 11.8 Å². The number of benzene rings is 14. The molecule has 0 aliphatic carbocycles. The van der Waals surface area contributed by atoms with E-state index < -0.39 is 0 Å². The zero-order valence-electron chi connectivity index (χ0n) is 47.8. The molecule has 0 amide bonds. The molecule has 0 radical (unpaired) electrons. The average molecular weight is 1140 g/mol. The van der Waals surface area contributed by atoms with Gasteiger partial charge in [-0.15, -0.1) is 0 Å². The van der Waals surface area contributed by atoms with Crippen molar-refractivity contribution < 1.29 is 4.74 Å². The Morgan fingerprint density at radius 2 is 0.716 bits per heavy atom. The second-order valence-corrected chi connectivity index (χ2v) is 24.1. The van der Waals surface area contributed by atoms with Gasteiger partial charge in [0, 0.05) is 89.5 Å². The molecule has 14 aromatic rings. The standard InChI is InChI=1S/C80H52B2N4OS/c1-7-29-55(30-8-1)83(56-31-9-2-10-32-56)61-48-71-77-73(50-61)87-79-67(81(77)65-43-23-25-45-69(65)85(71)59-37-15-5-16-38-59)52-68-80(76(79)75-63-41-21-19-27-53(63)47-54-28-20-22-42-64(54)75)88-74-51-62(84(57-33-11-3-12-34-57)58-35-13-4-14-36-58)49-72-78(74)82(68)66-44-24-26-46-70(66)86(72)60-39-17-6-18-40-60/h1-52H. The number of hydrogen-bond donors (Lipinski definition) is 0. The summed E-state index contributed by atoms with van der Waals surface area (Å²) in [4.78, 5) is 12.2. The Hall–Kier alpha value is -10.9. The molecule has 4 aliphatic rings. The van der Waals surface area contributed by atoms with Crippen LogP contribution in [0, 0.1) is 0 Å². The Kier molecular flexibility index (Phi) is 11.7. The molecule has 0 N–H and O–H groups in total. The van der Waals surface area contributed by atoms with E-state index in [0.717, 1.165) is 96.2 Å². The van der Waals surface area contributed by atoms with Gasteiger partial charge in [0.25, 0.3) is 6.71 Å². The summed E-state index contributed by atoms with van der Waals surface area (Å²) in [5.41, 5.74) is 22.7. The van der Waals surface area contributed by atoms with E-state index in [9.17, 15) is 0 Å². The van der Waals surface area contributed by atoms with Crippen LogP contribution in [0.5, 0.6) is 11.5 Å². The second kappa shape index (κ2) is 20.4. The third-order valence-corrected chi connectivity index (χ3v) is 19.4. The Morgan fingerprint density at radius 1 is 0.307 bits per heavy atom. The van der Waals surface area contributed by atoms with Crippen molar-refractivity contribution in [3.05, 3.63) is 315 Å². The molecule has 18 rings (SSSR count). The quantitative estimate of drug-likeness (QED) is 0.105. The molecule has 0 aromatic heterocycles. The van der Waals surface area contributed by atoms with Crippen molar-refractivity contribution in [3.63, 3.8) is 0 Å². The van der Waals surface area contributed by atoms with E-state index in [4.69, 9.17) is 4.74 Å². The summed E-state index contributed by atoms with van der Waals surface area (Å²) < 4.78 is 8.17. The zero-order valence-corrected chi connectivity index (χ0v) is 48.6. The minimum absolute atomic E-state index is 0.160. The molecular formula is C80H52B2N4OS. The van der Waals surface area contributed by atoms with Crippen molar-refractivity contribution in [2.45, 2.75) is 9.79 Å². The fourth-order valence-electron chi connectivity index (χ4n) is 14.6. The maximum absolute atomic E-state index is 8.17. The lowest BCUT2D eigenvalue weighted by molar-refractivity contribution is 0.488. The summed E-state index contributed by atoms with van der Waals surface area (Å²) in [5, 5.41) is 4.72. The topological polar surface area (TPSA) is 22.2 Å². The van der Waals surface area contributed by atoms with Crippen LogP contribution in [0.3, 0.4) is 0 Å². The molecule has 0 spiro atoms. The van der Waals surface area contributed by atoms with E-state index in [1.54, 1.807) is 0 Å². The zero-order chi connectivity index (χ0) is 57.8. The Morgan fingerprint density at radius 3 is 1.22 bits per heavy atom. The van der Waals surface area contributed by atoms with Crippen molar-refractivity contribution in [2.75, 3.05) is 19.6 Å². The van der Waals surface area contributed by atoms with Gasteiger partial charge < -0.3 is 24.3 Å². The number of rotatable bonds is 9. The smallest absolute Gasteiger partial charge is 0.256 e. The first-order valence-corrected chi connectivity index (χ1v) is 31.0. The molecule has 88 heavy (non-hydrogen) atoms. The van der Waals surface area contributed by atoms with Crippen molar-refractivity contribution >= 4 is 148 Å². The van der Waals surface area contributed by atoms with Gasteiger partial charge in [-0.1, -0.05) is 217 Å². The van der Waals surface area contributed by atoms with Gasteiger partial charge in [0.15, 0.2) is 0 Å². The fraction of sp³-hybridized carbons (Fsp3) is 0. The minimum Gasteiger partial charge on any atom is -0.458 e. The van der Waals surface area contributed by atoms with E-state index in [1.807, 2.05) is 11.8 Å². The Bertz CT molecular complexity index is 4690. The van der Waals surface area contributed by atoms with Gasteiger partial charge in [-0.2, -0.15) is 0 Å². The maximum Gasteiger partial charge on any atom is 0.256 e. The molecule has 8 heteroatoms. The largest absolute Gasteiger partial charge is 0.458 e. The van der Waals surface area contributed by atoms with Crippen molar-refractivity contribution in [2.24, 2.45) is 0 Å². The number of nitrogens with zero attached hydrogens (tertiary/aromatic N) is 4. The summed E-state index contributed by atoms with van der Waals surface area (Å²) in [6.07, 6.45) is 0. The van der Waals surface area contributed by atoms with Gasteiger partial charge >= 0.3 is 0 Å². The van der Waals surface area contributed by atoms with Crippen LogP contribution in [0.4, 0.5) is 68.2 Å². The van der Waals surface area contributed by atoms with Gasteiger partial charge in [-0.3, -0.25) is 0 Å². The van der Waals surface area contributed by atoms with E-state index >= 15 is 0 Å². The molecule has 410 valence electrons.